The van der Waals surface area contributed by atoms with Crippen molar-refractivity contribution in [3.05, 3.63) is 23.8 Å². The highest BCUT2D eigenvalue weighted by Gasteiger charge is 2.28. The highest BCUT2D eigenvalue weighted by atomic mass is 32.1. The second-order valence-electron chi connectivity index (χ2n) is 6.82. The van der Waals surface area contributed by atoms with Gasteiger partial charge in [0.1, 0.15) is 12.1 Å². The molecule has 146 valence electrons. The van der Waals surface area contributed by atoms with Crippen molar-refractivity contribution in [2.24, 2.45) is 5.92 Å². The number of benzene rings is 1. The number of aliphatic carboxylic acids is 2. The van der Waals surface area contributed by atoms with Gasteiger partial charge in [0.2, 0.25) is 5.91 Å². The number of rotatable bonds is 9. The summed E-state index contributed by atoms with van der Waals surface area (Å²) in [6, 6.07) is 3.37. The van der Waals surface area contributed by atoms with Crippen molar-refractivity contribution < 1.29 is 24.6 Å². The Balaban J connectivity index is 2.04. The van der Waals surface area contributed by atoms with Crippen molar-refractivity contribution in [1.82, 2.24) is 10.3 Å². The summed E-state index contributed by atoms with van der Waals surface area (Å²) < 4.78 is 0.918. The Morgan fingerprint density at radius 2 is 1.81 bits per heavy atom. The van der Waals surface area contributed by atoms with E-state index in [0.29, 0.717) is 5.13 Å². The molecule has 0 aliphatic rings. The largest absolute Gasteiger partial charge is 0.480 e. The van der Waals surface area contributed by atoms with Gasteiger partial charge < -0.3 is 15.5 Å². The lowest BCUT2D eigenvalue weighted by Gasteiger charge is -2.21. The highest BCUT2D eigenvalue weighted by Crippen LogP contribution is 2.26. The Bertz CT molecular complexity index is 849. The summed E-state index contributed by atoms with van der Waals surface area (Å²) >= 11 is 1.30. The number of carbonyl (C=O) groups excluding carboxylic acids is 1. The number of thiazole rings is 1. The van der Waals surface area contributed by atoms with Gasteiger partial charge >= 0.3 is 11.9 Å². The highest BCUT2D eigenvalue weighted by molar-refractivity contribution is 7.22. The zero-order valence-electron chi connectivity index (χ0n) is 15.4. The van der Waals surface area contributed by atoms with Gasteiger partial charge in [-0.2, -0.15) is 0 Å². The molecule has 2 rings (SSSR count). The first-order chi connectivity index (χ1) is 12.7. The molecule has 1 heterocycles. The lowest BCUT2D eigenvalue weighted by Crippen LogP contribution is -2.49. The van der Waals surface area contributed by atoms with Crippen molar-refractivity contribution in [1.29, 1.82) is 0 Å². The molecule has 27 heavy (non-hydrogen) atoms. The average molecular weight is 393 g/mol. The topological polar surface area (TPSA) is 129 Å². The van der Waals surface area contributed by atoms with E-state index in [1.165, 1.54) is 11.3 Å². The van der Waals surface area contributed by atoms with Crippen molar-refractivity contribution in [3.63, 3.8) is 0 Å². The smallest absolute Gasteiger partial charge is 0.321 e. The van der Waals surface area contributed by atoms with E-state index in [9.17, 15) is 24.6 Å². The zero-order chi connectivity index (χ0) is 20.1. The molecule has 0 radical (unpaired) electrons. The van der Waals surface area contributed by atoms with Crippen molar-refractivity contribution >= 4 is 44.5 Å². The normalized spacial score (nSPS) is 13.5. The van der Waals surface area contributed by atoms with Crippen molar-refractivity contribution in [3.8, 4) is 0 Å². The minimum atomic E-state index is -1.30. The van der Waals surface area contributed by atoms with E-state index in [1.807, 2.05) is 39.0 Å². The molecule has 4 N–H and O–H groups in total. The van der Waals surface area contributed by atoms with Gasteiger partial charge in [0.15, 0.2) is 5.13 Å². The van der Waals surface area contributed by atoms with E-state index >= 15 is 0 Å². The van der Waals surface area contributed by atoms with E-state index in [1.54, 1.807) is 0 Å². The first kappa shape index (κ1) is 20.8. The van der Waals surface area contributed by atoms with Crippen LogP contribution >= 0.6 is 11.3 Å². The number of hydrogen-bond donors (Lipinski definition) is 4. The fraction of sp³-hybridized carbons (Fsp3) is 0.444. The minimum Gasteiger partial charge on any atom is -0.480 e. The van der Waals surface area contributed by atoms with Gasteiger partial charge in [0.25, 0.3) is 0 Å². The zero-order valence-corrected chi connectivity index (χ0v) is 16.2. The number of nitrogens with one attached hydrogen (secondary N) is 2. The van der Waals surface area contributed by atoms with Gasteiger partial charge in [0.05, 0.1) is 16.6 Å². The number of hydrogen-bond acceptors (Lipinski definition) is 6. The predicted octanol–water partition coefficient (Wildman–Crippen LogP) is 2.48. The third kappa shape index (κ3) is 6.00. The molecular weight excluding hydrogens is 370 g/mol. The maximum absolute atomic E-state index is 12.2. The van der Waals surface area contributed by atoms with Crippen LogP contribution in [0.4, 0.5) is 5.13 Å². The SMILES string of the molecule is Cc1ccc2nc(NC(=O)CC(N[C@@H](CC(C)C)C(=O)O)C(=O)O)sc2c1. The Hall–Kier alpha value is -2.52. The number of fused-ring (bicyclic) bond motifs is 1. The molecule has 0 aliphatic heterocycles. The maximum atomic E-state index is 12.2. The Labute approximate surface area is 160 Å². The molecule has 1 aromatic heterocycles. The summed E-state index contributed by atoms with van der Waals surface area (Å²) in [5.74, 6) is -2.90. The maximum Gasteiger partial charge on any atom is 0.321 e. The molecular formula is C18H23N3O5S. The van der Waals surface area contributed by atoms with Crippen LogP contribution in [0.1, 0.15) is 32.3 Å². The van der Waals surface area contributed by atoms with Crippen LogP contribution in [0.2, 0.25) is 0 Å². The molecule has 0 bridgehead atoms. The second-order valence-corrected chi connectivity index (χ2v) is 7.85. The van der Waals surface area contributed by atoms with Crippen LogP contribution in [0.3, 0.4) is 0 Å². The first-order valence-electron chi connectivity index (χ1n) is 8.54. The van der Waals surface area contributed by atoms with E-state index < -0.39 is 36.4 Å². The van der Waals surface area contributed by atoms with Crippen LogP contribution in [-0.2, 0) is 14.4 Å². The third-order valence-corrected chi connectivity index (χ3v) is 4.82. The van der Waals surface area contributed by atoms with Crippen LogP contribution in [0, 0.1) is 12.8 Å². The number of nitrogens with zero attached hydrogens (tertiary/aromatic N) is 1. The van der Waals surface area contributed by atoms with Gasteiger partial charge in [-0.3, -0.25) is 19.7 Å². The Morgan fingerprint density at radius 1 is 1.15 bits per heavy atom. The molecule has 9 heteroatoms. The summed E-state index contributed by atoms with van der Waals surface area (Å²) in [4.78, 5) is 39.3. The van der Waals surface area contributed by atoms with Crippen LogP contribution in [0.25, 0.3) is 10.2 Å². The summed E-state index contributed by atoms with van der Waals surface area (Å²) in [5, 5.41) is 24.1. The van der Waals surface area contributed by atoms with Crippen molar-refractivity contribution in [2.45, 2.75) is 45.7 Å². The Morgan fingerprint density at radius 3 is 2.41 bits per heavy atom. The molecule has 1 aromatic carbocycles. The molecule has 1 unspecified atom stereocenters. The summed E-state index contributed by atoms with van der Waals surface area (Å²) in [6.07, 6.45) is -0.135. The van der Waals surface area contributed by atoms with Gasteiger partial charge in [-0.25, -0.2) is 4.98 Å². The van der Waals surface area contributed by atoms with Crippen LogP contribution in [0.15, 0.2) is 18.2 Å². The number of carboxylic acid groups (broad SMARTS) is 2. The minimum absolute atomic E-state index is 0.0630. The number of carbonyl (C=O) groups is 3. The molecule has 0 spiro atoms. The summed E-state index contributed by atoms with van der Waals surface area (Å²) in [7, 11) is 0. The van der Waals surface area contributed by atoms with E-state index in [2.05, 4.69) is 15.6 Å². The molecule has 0 saturated heterocycles. The van der Waals surface area contributed by atoms with Crippen LogP contribution < -0.4 is 10.6 Å². The van der Waals surface area contributed by atoms with Gasteiger partial charge in [-0.15, -0.1) is 0 Å². The predicted molar refractivity (Wildman–Crippen MR) is 103 cm³/mol. The molecule has 2 atom stereocenters. The van der Waals surface area contributed by atoms with Crippen molar-refractivity contribution in [2.75, 3.05) is 5.32 Å². The average Bonchev–Trinajstić information content (AvgIpc) is 2.93. The lowest BCUT2D eigenvalue weighted by atomic mass is 10.0. The Kier molecular flexibility index (Phi) is 6.86. The molecule has 1 amide bonds. The van der Waals surface area contributed by atoms with Gasteiger partial charge in [0, 0.05) is 0 Å². The summed E-state index contributed by atoms with van der Waals surface area (Å²) in [5.41, 5.74) is 1.82. The fourth-order valence-corrected chi connectivity index (χ4v) is 3.59. The summed E-state index contributed by atoms with van der Waals surface area (Å²) in [6.45, 7) is 5.64. The number of carboxylic acids is 2. The monoisotopic (exact) mass is 393 g/mol. The quantitative estimate of drug-likeness (QED) is 0.515. The van der Waals surface area contributed by atoms with E-state index in [4.69, 9.17) is 0 Å². The number of aromatic nitrogens is 1. The first-order valence-corrected chi connectivity index (χ1v) is 9.36. The molecule has 2 aromatic rings. The van der Waals surface area contributed by atoms with Gasteiger partial charge in [-0.1, -0.05) is 31.3 Å². The van der Waals surface area contributed by atoms with E-state index in [-0.39, 0.29) is 12.3 Å². The molecule has 0 saturated carbocycles. The number of amides is 1. The number of anilines is 1. The third-order valence-electron chi connectivity index (χ3n) is 3.89. The lowest BCUT2D eigenvalue weighted by molar-refractivity contribution is -0.144. The molecule has 8 nitrogen and oxygen atoms in total. The van der Waals surface area contributed by atoms with Crippen LogP contribution in [0.5, 0.6) is 0 Å². The van der Waals surface area contributed by atoms with E-state index in [0.717, 1.165) is 15.8 Å². The van der Waals surface area contributed by atoms with Crippen LogP contribution in [-0.4, -0.2) is 45.1 Å². The molecule has 0 fully saturated rings. The van der Waals surface area contributed by atoms with Gasteiger partial charge in [-0.05, 0) is 37.0 Å². The number of aryl methyl sites for hydroxylation is 1. The standard InChI is InChI=1S/C18H23N3O5S/c1-9(2)6-12(16(23)24)19-13(17(25)26)8-15(22)21-18-20-11-5-4-10(3)7-14(11)27-18/h4-5,7,9,12-13,19H,6,8H2,1-3H3,(H,23,24)(H,25,26)(H,20,21,22)/t12-,13?/m0/s1. The fourth-order valence-electron chi connectivity index (χ4n) is 2.61. The second kappa shape index (κ2) is 8.92. The molecule has 0 aliphatic carbocycles.